The molecule has 0 aliphatic heterocycles. The molecule has 1 nitrogen and oxygen atoms in total. The van der Waals surface area contributed by atoms with Gasteiger partial charge in [-0.05, 0) is 89.5 Å². The van der Waals surface area contributed by atoms with Crippen LogP contribution in [0.2, 0.25) is 0 Å². The molecule has 0 N–H and O–H groups in total. The molecule has 0 aliphatic carbocycles. The van der Waals surface area contributed by atoms with Gasteiger partial charge in [-0.15, -0.1) is 0 Å². The molecular formula is C40H24O. The minimum atomic E-state index is -0.529. The molecule has 1 heterocycles. The quantitative estimate of drug-likeness (QED) is 0.203. The van der Waals surface area contributed by atoms with Crippen molar-refractivity contribution in [3.63, 3.8) is 0 Å². The lowest BCUT2D eigenvalue weighted by molar-refractivity contribution is 0.669. The Balaban J connectivity index is 1.51. The molecule has 0 fully saturated rings. The van der Waals surface area contributed by atoms with Gasteiger partial charge in [0.2, 0.25) is 0 Å². The van der Waals surface area contributed by atoms with Crippen LogP contribution < -0.4 is 0 Å². The van der Waals surface area contributed by atoms with Crippen molar-refractivity contribution in [2.45, 2.75) is 0 Å². The number of benzene rings is 8. The highest BCUT2D eigenvalue weighted by Gasteiger charge is 2.20. The summed E-state index contributed by atoms with van der Waals surface area (Å²) in [5, 5.41) is 5.49. The van der Waals surface area contributed by atoms with E-state index in [4.69, 9.17) is 14.0 Å². The summed E-state index contributed by atoms with van der Waals surface area (Å²) in [6, 6.07) is 26.5. The Bertz CT molecular complexity index is 2920. The minimum Gasteiger partial charge on any atom is -0.456 e. The standard InChI is InChI=1S/C40H24O/c1-2-11-26-22-29(21-20-25(26)10-1)38-30-14-5-7-16-32(30)39(33-17-8-6-15-31(33)38)34-18-9-19-36-40(34)35-23-27-12-3-4-13-28(27)24-37(35)41-36/h1-24H/i3D,4D,9D,12D,13D,18D,19D,23D,24D. The summed E-state index contributed by atoms with van der Waals surface area (Å²) in [7, 11) is 0. The van der Waals surface area contributed by atoms with Gasteiger partial charge in [0.05, 0.1) is 12.3 Å². The van der Waals surface area contributed by atoms with E-state index in [1.165, 1.54) is 0 Å². The molecule has 0 atom stereocenters. The lowest BCUT2D eigenvalue weighted by Gasteiger charge is -2.18. The highest BCUT2D eigenvalue weighted by atomic mass is 16.3. The third kappa shape index (κ3) is 3.30. The summed E-state index contributed by atoms with van der Waals surface area (Å²) in [4.78, 5) is 0. The average molecular weight is 530 g/mol. The first kappa shape index (κ1) is 15.4. The minimum absolute atomic E-state index is 0.0614. The SMILES string of the molecule is [2H]c1c([2H])c(-c2c3ccccc3c(-c3ccc4ccccc4c3)c3ccccc23)c2c(oc3c([2H])c4c([2H])c([2H])c([2H])c([2H])c4c([2H])c32)c1[2H]. The van der Waals surface area contributed by atoms with Gasteiger partial charge in [-0.3, -0.25) is 0 Å². The van der Waals surface area contributed by atoms with Gasteiger partial charge >= 0.3 is 0 Å². The van der Waals surface area contributed by atoms with E-state index in [9.17, 15) is 2.74 Å². The van der Waals surface area contributed by atoms with E-state index < -0.39 is 24.2 Å². The molecule has 0 radical (unpaired) electrons. The Morgan fingerprint density at radius 2 is 1.10 bits per heavy atom. The predicted octanol–water partition coefficient (Wildman–Crippen LogP) is 11.5. The van der Waals surface area contributed by atoms with E-state index in [-0.39, 0.29) is 68.5 Å². The molecule has 9 rings (SSSR count). The van der Waals surface area contributed by atoms with Crippen molar-refractivity contribution in [1.29, 1.82) is 0 Å². The second-order valence-electron chi connectivity index (χ2n) is 10.2. The maximum atomic E-state index is 9.37. The topological polar surface area (TPSA) is 13.1 Å². The number of fused-ring (bicyclic) bond motifs is 7. The van der Waals surface area contributed by atoms with Crippen LogP contribution in [0.25, 0.3) is 87.3 Å². The second-order valence-corrected chi connectivity index (χ2v) is 10.2. The van der Waals surface area contributed by atoms with Crippen LogP contribution in [0.5, 0.6) is 0 Å². The molecule has 9 aromatic rings. The van der Waals surface area contributed by atoms with E-state index in [2.05, 4.69) is 30.3 Å². The third-order valence-electron chi connectivity index (χ3n) is 7.92. The highest BCUT2D eigenvalue weighted by molar-refractivity contribution is 6.26. The molecular weight excluding hydrogens is 496 g/mol. The van der Waals surface area contributed by atoms with Crippen molar-refractivity contribution in [2.75, 3.05) is 0 Å². The van der Waals surface area contributed by atoms with Crippen LogP contribution >= 0.6 is 0 Å². The predicted molar refractivity (Wildman–Crippen MR) is 175 cm³/mol. The maximum absolute atomic E-state index is 9.37. The van der Waals surface area contributed by atoms with Gasteiger partial charge < -0.3 is 4.42 Å². The fraction of sp³-hybridized carbons (Fsp3) is 0. The zero-order valence-corrected chi connectivity index (χ0v) is 21.6. The van der Waals surface area contributed by atoms with Crippen LogP contribution in [0.1, 0.15) is 12.3 Å². The summed E-state index contributed by atoms with van der Waals surface area (Å²) in [6.45, 7) is 0. The first-order valence-corrected chi connectivity index (χ1v) is 13.4. The van der Waals surface area contributed by atoms with Crippen molar-refractivity contribution in [1.82, 2.24) is 0 Å². The molecule has 41 heavy (non-hydrogen) atoms. The Labute approximate surface area is 249 Å². The Morgan fingerprint density at radius 3 is 1.83 bits per heavy atom. The van der Waals surface area contributed by atoms with E-state index in [1.54, 1.807) is 0 Å². The summed E-state index contributed by atoms with van der Waals surface area (Å²) in [5.41, 5.74) is 2.63. The highest BCUT2D eigenvalue weighted by Crippen LogP contribution is 2.47. The van der Waals surface area contributed by atoms with Crippen LogP contribution in [0, 0.1) is 0 Å². The van der Waals surface area contributed by atoms with E-state index in [0.717, 1.165) is 43.4 Å². The fourth-order valence-electron chi connectivity index (χ4n) is 6.16. The molecule has 8 aromatic carbocycles. The number of hydrogen-bond donors (Lipinski definition) is 0. The number of rotatable bonds is 2. The van der Waals surface area contributed by atoms with Gasteiger partial charge in [-0.25, -0.2) is 0 Å². The smallest absolute Gasteiger partial charge is 0.136 e. The van der Waals surface area contributed by atoms with Crippen molar-refractivity contribution in [3.8, 4) is 22.3 Å². The molecule has 0 spiro atoms. The zero-order chi connectivity index (χ0) is 34.7. The normalized spacial score (nSPS) is 15.0. The van der Waals surface area contributed by atoms with Gasteiger partial charge in [0.25, 0.3) is 0 Å². The van der Waals surface area contributed by atoms with Gasteiger partial charge in [0, 0.05) is 10.8 Å². The van der Waals surface area contributed by atoms with Crippen molar-refractivity contribution < 1.29 is 16.8 Å². The Hall–Kier alpha value is -5.40. The third-order valence-corrected chi connectivity index (χ3v) is 7.92. The fourth-order valence-corrected chi connectivity index (χ4v) is 6.16. The molecule has 0 unspecified atom stereocenters. The molecule has 0 aliphatic rings. The van der Waals surface area contributed by atoms with Crippen LogP contribution in [0.4, 0.5) is 0 Å². The van der Waals surface area contributed by atoms with Crippen molar-refractivity contribution >= 4 is 65.0 Å². The van der Waals surface area contributed by atoms with Gasteiger partial charge in [0.1, 0.15) is 11.2 Å². The molecule has 0 bridgehead atoms. The molecule has 1 heteroatoms. The van der Waals surface area contributed by atoms with Crippen LogP contribution in [-0.2, 0) is 0 Å². The van der Waals surface area contributed by atoms with Crippen molar-refractivity contribution in [2.24, 2.45) is 0 Å². The largest absolute Gasteiger partial charge is 0.456 e. The summed E-state index contributed by atoms with van der Waals surface area (Å²) in [6.07, 6.45) is 0. The maximum Gasteiger partial charge on any atom is 0.136 e. The van der Waals surface area contributed by atoms with Crippen LogP contribution in [-0.4, -0.2) is 0 Å². The van der Waals surface area contributed by atoms with E-state index >= 15 is 0 Å². The van der Waals surface area contributed by atoms with Crippen LogP contribution in [0.15, 0.2) is 150 Å². The molecule has 0 amide bonds. The lowest BCUT2D eigenvalue weighted by atomic mass is 9.84. The van der Waals surface area contributed by atoms with Crippen molar-refractivity contribution in [3.05, 3.63) is 145 Å². The van der Waals surface area contributed by atoms with E-state index in [0.29, 0.717) is 5.56 Å². The first-order valence-electron chi connectivity index (χ1n) is 17.9. The van der Waals surface area contributed by atoms with Gasteiger partial charge in [-0.1, -0.05) is 121 Å². The number of furan rings is 1. The van der Waals surface area contributed by atoms with Gasteiger partial charge in [0.15, 0.2) is 0 Å². The summed E-state index contributed by atoms with van der Waals surface area (Å²) in [5.74, 6) is 0. The lowest BCUT2D eigenvalue weighted by Crippen LogP contribution is -1.91. The van der Waals surface area contributed by atoms with Gasteiger partial charge in [-0.2, -0.15) is 0 Å². The molecule has 0 saturated heterocycles. The molecule has 190 valence electrons. The monoisotopic (exact) mass is 529 g/mol. The first-order chi connectivity index (χ1) is 24.1. The molecule has 1 aromatic heterocycles. The summed E-state index contributed by atoms with van der Waals surface area (Å²) < 4.78 is 85.5. The summed E-state index contributed by atoms with van der Waals surface area (Å²) >= 11 is 0. The van der Waals surface area contributed by atoms with E-state index in [1.807, 2.05) is 60.7 Å². The number of hydrogen-bond acceptors (Lipinski definition) is 1. The second kappa shape index (κ2) is 8.55. The van der Waals surface area contributed by atoms with Crippen LogP contribution in [0.3, 0.4) is 0 Å². The zero-order valence-electron chi connectivity index (χ0n) is 30.6. The Kier molecular flexibility index (Phi) is 3.21. The average Bonchev–Trinajstić information content (AvgIpc) is 3.54. The Morgan fingerprint density at radius 1 is 0.463 bits per heavy atom. The molecule has 0 saturated carbocycles.